The first-order valence-electron chi connectivity index (χ1n) is 3.20. The topological polar surface area (TPSA) is 17.1 Å². The van der Waals surface area contributed by atoms with Gasteiger partial charge in [-0.25, -0.2) is 0 Å². The zero-order valence-electron chi connectivity index (χ0n) is 6.20. The Morgan fingerprint density at radius 1 is 1.56 bits per heavy atom. The molecule has 9 heavy (non-hydrogen) atoms. The minimum atomic E-state index is -0.323. The SMILES string of the molecule is CCCC(C)(C)C(=O)Cl. The summed E-state index contributed by atoms with van der Waals surface area (Å²) in [4.78, 5) is 10.6. The zero-order valence-corrected chi connectivity index (χ0v) is 6.96. The first-order valence-corrected chi connectivity index (χ1v) is 3.58. The average molecular weight is 149 g/mol. The van der Waals surface area contributed by atoms with Gasteiger partial charge < -0.3 is 0 Å². The van der Waals surface area contributed by atoms with Crippen molar-refractivity contribution in [3.8, 4) is 0 Å². The molecular formula is C7H13ClO. The molecule has 0 unspecified atom stereocenters. The molecule has 0 fully saturated rings. The monoisotopic (exact) mass is 148 g/mol. The van der Waals surface area contributed by atoms with E-state index >= 15 is 0 Å². The Morgan fingerprint density at radius 2 is 2.00 bits per heavy atom. The van der Waals surface area contributed by atoms with Gasteiger partial charge in [0.1, 0.15) is 0 Å². The third-order valence-electron chi connectivity index (χ3n) is 1.41. The number of hydrogen-bond acceptors (Lipinski definition) is 1. The summed E-state index contributed by atoms with van der Waals surface area (Å²) in [5, 5.41) is -0.232. The van der Waals surface area contributed by atoms with E-state index < -0.39 is 0 Å². The second-order valence-corrected chi connectivity index (χ2v) is 3.25. The van der Waals surface area contributed by atoms with E-state index in [0.717, 1.165) is 12.8 Å². The Morgan fingerprint density at radius 3 is 2.11 bits per heavy atom. The molecule has 54 valence electrons. The molecule has 0 amide bonds. The van der Waals surface area contributed by atoms with Gasteiger partial charge in [0.05, 0.1) is 0 Å². The van der Waals surface area contributed by atoms with E-state index in [4.69, 9.17) is 11.6 Å². The second kappa shape index (κ2) is 3.21. The molecule has 0 rings (SSSR count). The summed E-state index contributed by atoms with van der Waals surface area (Å²) in [6.07, 6.45) is 1.88. The zero-order chi connectivity index (χ0) is 7.49. The molecule has 0 radical (unpaired) electrons. The van der Waals surface area contributed by atoms with E-state index in [1.807, 2.05) is 20.8 Å². The summed E-state index contributed by atoms with van der Waals surface area (Å²) >= 11 is 5.31. The van der Waals surface area contributed by atoms with Crippen LogP contribution in [0.5, 0.6) is 0 Å². The second-order valence-electron chi connectivity index (χ2n) is 2.91. The smallest absolute Gasteiger partial charge is 0.227 e. The lowest BCUT2D eigenvalue weighted by atomic mass is 9.90. The van der Waals surface area contributed by atoms with Gasteiger partial charge in [-0.1, -0.05) is 27.2 Å². The molecular weight excluding hydrogens is 136 g/mol. The Balaban J connectivity index is 3.85. The van der Waals surface area contributed by atoms with Crippen molar-refractivity contribution in [2.75, 3.05) is 0 Å². The van der Waals surface area contributed by atoms with Gasteiger partial charge >= 0.3 is 0 Å². The van der Waals surface area contributed by atoms with Crippen LogP contribution in [0.4, 0.5) is 0 Å². The molecule has 0 N–H and O–H groups in total. The molecule has 0 bridgehead atoms. The maximum absolute atomic E-state index is 10.6. The molecule has 0 saturated heterocycles. The highest BCUT2D eigenvalue weighted by molar-refractivity contribution is 6.64. The van der Waals surface area contributed by atoms with Crippen molar-refractivity contribution in [1.29, 1.82) is 0 Å². The van der Waals surface area contributed by atoms with Crippen LogP contribution in [0.2, 0.25) is 0 Å². The van der Waals surface area contributed by atoms with Crippen LogP contribution in [-0.4, -0.2) is 5.24 Å². The number of carbonyl (C=O) groups is 1. The van der Waals surface area contributed by atoms with Crippen molar-refractivity contribution in [3.63, 3.8) is 0 Å². The van der Waals surface area contributed by atoms with Crippen LogP contribution in [-0.2, 0) is 4.79 Å². The van der Waals surface area contributed by atoms with Crippen LogP contribution in [0.15, 0.2) is 0 Å². The molecule has 0 heterocycles. The van der Waals surface area contributed by atoms with Gasteiger partial charge in [-0.15, -0.1) is 0 Å². The van der Waals surface area contributed by atoms with Crippen molar-refractivity contribution < 1.29 is 4.79 Å². The number of halogens is 1. The normalized spacial score (nSPS) is 11.6. The highest BCUT2D eigenvalue weighted by Crippen LogP contribution is 2.24. The third kappa shape index (κ3) is 2.85. The lowest BCUT2D eigenvalue weighted by Crippen LogP contribution is -2.18. The summed E-state index contributed by atoms with van der Waals surface area (Å²) in [6, 6.07) is 0. The molecule has 0 aliphatic heterocycles. The van der Waals surface area contributed by atoms with Crippen LogP contribution >= 0.6 is 11.6 Å². The van der Waals surface area contributed by atoms with Crippen molar-refractivity contribution in [1.82, 2.24) is 0 Å². The fraction of sp³-hybridized carbons (Fsp3) is 0.857. The summed E-state index contributed by atoms with van der Waals surface area (Å²) in [5.74, 6) is 0. The fourth-order valence-electron chi connectivity index (χ4n) is 0.723. The molecule has 0 spiro atoms. The highest BCUT2D eigenvalue weighted by Gasteiger charge is 2.23. The summed E-state index contributed by atoms with van der Waals surface area (Å²) in [6.45, 7) is 5.78. The van der Waals surface area contributed by atoms with E-state index in [1.54, 1.807) is 0 Å². The quantitative estimate of drug-likeness (QED) is 0.563. The summed E-state index contributed by atoms with van der Waals surface area (Å²) in [5.41, 5.74) is -0.323. The lowest BCUT2D eigenvalue weighted by molar-refractivity contribution is -0.119. The van der Waals surface area contributed by atoms with Gasteiger partial charge in [0.25, 0.3) is 0 Å². The Kier molecular flexibility index (Phi) is 3.20. The van der Waals surface area contributed by atoms with E-state index in [1.165, 1.54) is 0 Å². The maximum Gasteiger partial charge on any atom is 0.227 e. The first kappa shape index (κ1) is 8.96. The van der Waals surface area contributed by atoms with Crippen molar-refractivity contribution in [2.45, 2.75) is 33.6 Å². The predicted octanol–water partition coefficient (Wildman–Crippen LogP) is 2.58. The summed E-state index contributed by atoms with van der Waals surface area (Å²) < 4.78 is 0. The number of carbonyl (C=O) groups excluding carboxylic acids is 1. The molecule has 0 aliphatic rings. The maximum atomic E-state index is 10.6. The van der Waals surface area contributed by atoms with Gasteiger partial charge in [-0.2, -0.15) is 0 Å². The molecule has 0 aliphatic carbocycles. The van der Waals surface area contributed by atoms with Crippen LogP contribution < -0.4 is 0 Å². The summed E-state index contributed by atoms with van der Waals surface area (Å²) in [7, 11) is 0. The predicted molar refractivity (Wildman–Crippen MR) is 39.5 cm³/mol. The van der Waals surface area contributed by atoms with Gasteiger partial charge in [0, 0.05) is 5.41 Å². The Hall–Kier alpha value is -0.0400. The molecule has 0 aromatic heterocycles. The van der Waals surface area contributed by atoms with E-state index in [0.29, 0.717) is 0 Å². The van der Waals surface area contributed by atoms with E-state index in [2.05, 4.69) is 0 Å². The Labute approximate surface area is 61.4 Å². The fourth-order valence-corrected chi connectivity index (χ4v) is 0.818. The van der Waals surface area contributed by atoms with Crippen molar-refractivity contribution in [2.24, 2.45) is 5.41 Å². The van der Waals surface area contributed by atoms with Crippen LogP contribution in [0, 0.1) is 5.41 Å². The molecule has 2 heteroatoms. The lowest BCUT2D eigenvalue weighted by Gasteiger charge is -2.17. The van der Waals surface area contributed by atoms with Crippen LogP contribution in [0.3, 0.4) is 0 Å². The third-order valence-corrected chi connectivity index (χ3v) is 1.92. The number of hydrogen-bond donors (Lipinski definition) is 0. The van der Waals surface area contributed by atoms with E-state index in [-0.39, 0.29) is 10.7 Å². The molecule has 1 nitrogen and oxygen atoms in total. The molecule has 0 aromatic rings. The highest BCUT2D eigenvalue weighted by atomic mass is 35.5. The van der Waals surface area contributed by atoms with Crippen molar-refractivity contribution >= 4 is 16.8 Å². The van der Waals surface area contributed by atoms with Gasteiger partial charge in [0.2, 0.25) is 5.24 Å². The van der Waals surface area contributed by atoms with E-state index in [9.17, 15) is 4.79 Å². The minimum absolute atomic E-state index is 0.232. The van der Waals surface area contributed by atoms with Gasteiger partial charge in [0.15, 0.2) is 0 Å². The molecule has 0 atom stereocenters. The molecule has 0 saturated carbocycles. The minimum Gasteiger partial charge on any atom is -0.281 e. The molecule has 0 aromatic carbocycles. The largest absolute Gasteiger partial charge is 0.281 e. The number of rotatable bonds is 3. The van der Waals surface area contributed by atoms with Crippen LogP contribution in [0.1, 0.15) is 33.6 Å². The average Bonchev–Trinajstić information content (AvgIpc) is 1.65. The van der Waals surface area contributed by atoms with Gasteiger partial charge in [-0.3, -0.25) is 4.79 Å². The van der Waals surface area contributed by atoms with Crippen molar-refractivity contribution in [3.05, 3.63) is 0 Å². The van der Waals surface area contributed by atoms with Gasteiger partial charge in [-0.05, 0) is 18.0 Å². The Bertz CT molecular complexity index is 107. The standard InChI is InChI=1S/C7H13ClO/c1-4-5-7(2,3)6(8)9/h4-5H2,1-3H3. The van der Waals surface area contributed by atoms with Crippen LogP contribution in [0.25, 0.3) is 0 Å². The first-order chi connectivity index (χ1) is 4.00.